The molecule has 0 radical (unpaired) electrons. The molecule has 1 saturated heterocycles. The number of rotatable bonds is 5. The lowest BCUT2D eigenvalue weighted by Crippen LogP contribution is -2.52. The minimum Gasteiger partial charge on any atom is -0.346 e. The average molecular weight is 308 g/mol. The Morgan fingerprint density at radius 1 is 1.24 bits per heavy atom. The van der Waals surface area contributed by atoms with Crippen LogP contribution in [0, 0.1) is 0 Å². The maximum absolute atomic E-state index is 4.42. The fraction of sp³-hybridized carbons (Fsp3) is 0.812. The Balaban J connectivity index is 1.39. The summed E-state index contributed by atoms with van der Waals surface area (Å²) >= 11 is 1.75. The first-order valence-electron chi connectivity index (χ1n) is 8.45. The Morgan fingerprint density at radius 3 is 2.67 bits per heavy atom. The zero-order valence-electron chi connectivity index (χ0n) is 13.1. The van der Waals surface area contributed by atoms with Crippen molar-refractivity contribution in [3.8, 4) is 0 Å². The highest BCUT2D eigenvalue weighted by Crippen LogP contribution is 2.20. The van der Waals surface area contributed by atoms with E-state index in [0.29, 0.717) is 6.04 Å². The van der Waals surface area contributed by atoms with Gasteiger partial charge in [-0.15, -0.1) is 11.3 Å². The summed E-state index contributed by atoms with van der Waals surface area (Å²) in [6, 6.07) is 1.42. The van der Waals surface area contributed by atoms with Crippen molar-refractivity contribution in [3.05, 3.63) is 11.6 Å². The van der Waals surface area contributed by atoms with Crippen molar-refractivity contribution in [2.75, 3.05) is 37.6 Å². The molecule has 1 aromatic heterocycles. The van der Waals surface area contributed by atoms with Crippen molar-refractivity contribution in [1.29, 1.82) is 0 Å². The number of nitrogens with one attached hydrogen (secondary N) is 1. The smallest absolute Gasteiger partial charge is 0.185 e. The third kappa shape index (κ3) is 4.18. The first-order valence-corrected chi connectivity index (χ1v) is 9.33. The lowest BCUT2D eigenvalue weighted by molar-refractivity contribution is 0.186. The molecule has 0 bridgehead atoms. The summed E-state index contributed by atoms with van der Waals surface area (Å²) in [7, 11) is 0. The molecule has 2 aliphatic rings. The summed E-state index contributed by atoms with van der Waals surface area (Å²) in [4.78, 5) is 9.46. The minimum absolute atomic E-state index is 0.644. The Bertz CT molecular complexity index is 394. The summed E-state index contributed by atoms with van der Waals surface area (Å²) in [6.45, 7) is 8.06. The molecule has 3 rings (SSSR count). The third-order valence-corrected chi connectivity index (χ3v) is 5.77. The molecule has 5 heteroatoms. The minimum atomic E-state index is 0.644. The maximum Gasteiger partial charge on any atom is 0.185 e. The van der Waals surface area contributed by atoms with Gasteiger partial charge < -0.3 is 10.2 Å². The SMILES string of the molecule is CC(CNC1CCCCC1)N1CCN(c2nccs2)CC1. The fourth-order valence-corrected chi connectivity index (χ4v) is 4.20. The van der Waals surface area contributed by atoms with Crippen molar-refractivity contribution in [2.24, 2.45) is 0 Å². The highest BCUT2D eigenvalue weighted by atomic mass is 32.1. The van der Waals surface area contributed by atoms with E-state index in [-0.39, 0.29) is 0 Å². The van der Waals surface area contributed by atoms with E-state index in [4.69, 9.17) is 0 Å². The molecule has 21 heavy (non-hydrogen) atoms. The van der Waals surface area contributed by atoms with Crippen LogP contribution in [0.15, 0.2) is 11.6 Å². The maximum atomic E-state index is 4.42. The van der Waals surface area contributed by atoms with Gasteiger partial charge >= 0.3 is 0 Å². The predicted molar refractivity (Wildman–Crippen MR) is 90.2 cm³/mol. The summed E-state index contributed by atoms with van der Waals surface area (Å²) in [6.07, 6.45) is 8.93. The van der Waals surface area contributed by atoms with Crippen LogP contribution in [0.4, 0.5) is 5.13 Å². The van der Waals surface area contributed by atoms with Crippen molar-refractivity contribution < 1.29 is 0 Å². The largest absolute Gasteiger partial charge is 0.346 e. The van der Waals surface area contributed by atoms with Crippen LogP contribution in [0.1, 0.15) is 39.0 Å². The molecule has 2 fully saturated rings. The van der Waals surface area contributed by atoms with Gasteiger partial charge in [0.1, 0.15) is 0 Å². The molecule has 1 aliphatic heterocycles. The number of nitrogens with zero attached hydrogens (tertiary/aromatic N) is 3. The van der Waals surface area contributed by atoms with Crippen LogP contribution in [0.2, 0.25) is 0 Å². The number of anilines is 1. The van der Waals surface area contributed by atoms with Crippen LogP contribution in [0.5, 0.6) is 0 Å². The summed E-state index contributed by atoms with van der Waals surface area (Å²) in [5.74, 6) is 0. The second-order valence-electron chi connectivity index (χ2n) is 6.43. The van der Waals surface area contributed by atoms with Gasteiger partial charge in [-0.3, -0.25) is 4.90 Å². The molecule has 1 unspecified atom stereocenters. The van der Waals surface area contributed by atoms with Gasteiger partial charge in [0.25, 0.3) is 0 Å². The first kappa shape index (κ1) is 15.3. The molecule has 0 aromatic carbocycles. The molecule has 1 atom stereocenters. The van der Waals surface area contributed by atoms with Crippen LogP contribution in [0.25, 0.3) is 0 Å². The van der Waals surface area contributed by atoms with Crippen molar-refractivity contribution in [2.45, 2.75) is 51.1 Å². The van der Waals surface area contributed by atoms with Gasteiger partial charge in [0.15, 0.2) is 5.13 Å². The number of aromatic nitrogens is 1. The average Bonchev–Trinajstić information content (AvgIpc) is 3.08. The molecular formula is C16H28N4S. The van der Waals surface area contributed by atoms with Crippen molar-refractivity contribution in [1.82, 2.24) is 15.2 Å². The van der Waals surface area contributed by atoms with Gasteiger partial charge in [0.05, 0.1) is 0 Å². The van der Waals surface area contributed by atoms with E-state index in [1.165, 1.54) is 37.2 Å². The van der Waals surface area contributed by atoms with Gasteiger partial charge in [-0.25, -0.2) is 4.98 Å². The Kier molecular flexibility index (Phi) is 5.49. The van der Waals surface area contributed by atoms with E-state index < -0.39 is 0 Å². The highest BCUT2D eigenvalue weighted by molar-refractivity contribution is 7.13. The number of hydrogen-bond acceptors (Lipinski definition) is 5. The molecule has 0 amide bonds. The Labute approximate surface area is 132 Å². The van der Waals surface area contributed by atoms with E-state index in [1.54, 1.807) is 11.3 Å². The lowest BCUT2D eigenvalue weighted by Gasteiger charge is -2.38. The molecule has 118 valence electrons. The quantitative estimate of drug-likeness (QED) is 0.906. The molecule has 1 aromatic rings. The second-order valence-corrected chi connectivity index (χ2v) is 7.30. The third-order valence-electron chi connectivity index (χ3n) is 4.93. The van der Waals surface area contributed by atoms with Crippen molar-refractivity contribution in [3.63, 3.8) is 0 Å². The Hall–Kier alpha value is -0.650. The zero-order chi connectivity index (χ0) is 14.5. The topological polar surface area (TPSA) is 31.4 Å². The molecule has 4 nitrogen and oxygen atoms in total. The van der Waals surface area contributed by atoms with Crippen LogP contribution in [-0.4, -0.2) is 54.7 Å². The van der Waals surface area contributed by atoms with E-state index in [9.17, 15) is 0 Å². The summed E-state index contributed by atoms with van der Waals surface area (Å²) in [5, 5.41) is 7.04. The zero-order valence-corrected chi connectivity index (χ0v) is 13.9. The number of thiazole rings is 1. The fourth-order valence-electron chi connectivity index (χ4n) is 3.50. The molecule has 1 N–H and O–H groups in total. The van der Waals surface area contributed by atoms with Gasteiger partial charge in [-0.1, -0.05) is 19.3 Å². The first-order chi connectivity index (χ1) is 10.3. The molecule has 2 heterocycles. The van der Waals surface area contributed by atoms with Gasteiger partial charge in [-0.2, -0.15) is 0 Å². The molecule has 1 aliphatic carbocycles. The number of hydrogen-bond donors (Lipinski definition) is 1. The van der Waals surface area contributed by atoms with Crippen LogP contribution >= 0.6 is 11.3 Å². The predicted octanol–water partition coefficient (Wildman–Crippen LogP) is 2.58. The summed E-state index contributed by atoms with van der Waals surface area (Å²) < 4.78 is 0. The van der Waals surface area contributed by atoms with E-state index in [1.807, 2.05) is 6.20 Å². The standard InChI is InChI=1S/C16H28N4S/c1-14(13-18-15-5-3-2-4-6-15)19-8-10-20(11-9-19)16-17-7-12-21-16/h7,12,14-15,18H,2-6,8-11,13H2,1H3. The molecule has 0 spiro atoms. The van der Waals surface area contributed by atoms with Gasteiger partial charge in [0.2, 0.25) is 0 Å². The molecular weight excluding hydrogens is 280 g/mol. The van der Waals surface area contributed by atoms with E-state index in [2.05, 4.69) is 32.4 Å². The van der Waals surface area contributed by atoms with Crippen LogP contribution < -0.4 is 10.2 Å². The Morgan fingerprint density at radius 2 is 2.00 bits per heavy atom. The number of piperazine rings is 1. The van der Waals surface area contributed by atoms with E-state index in [0.717, 1.165) is 38.8 Å². The van der Waals surface area contributed by atoms with Crippen molar-refractivity contribution >= 4 is 16.5 Å². The molecule has 1 saturated carbocycles. The monoisotopic (exact) mass is 308 g/mol. The summed E-state index contributed by atoms with van der Waals surface area (Å²) in [5.41, 5.74) is 0. The normalized spacial score (nSPS) is 23.4. The van der Waals surface area contributed by atoms with Crippen LogP contribution in [-0.2, 0) is 0 Å². The van der Waals surface area contributed by atoms with Crippen LogP contribution in [0.3, 0.4) is 0 Å². The van der Waals surface area contributed by atoms with Gasteiger partial charge in [0, 0.05) is 56.4 Å². The highest BCUT2D eigenvalue weighted by Gasteiger charge is 2.23. The second kappa shape index (κ2) is 7.56. The lowest BCUT2D eigenvalue weighted by atomic mass is 9.95. The van der Waals surface area contributed by atoms with E-state index >= 15 is 0 Å². The van der Waals surface area contributed by atoms with Gasteiger partial charge in [-0.05, 0) is 19.8 Å².